The second-order valence-electron chi connectivity index (χ2n) is 3.98. The van der Waals surface area contributed by atoms with E-state index >= 15 is 0 Å². The van der Waals surface area contributed by atoms with E-state index in [1.165, 1.54) is 0 Å². The smallest absolute Gasteiger partial charge is 0.234 e. The fourth-order valence-corrected chi connectivity index (χ4v) is 1.56. The molecule has 4 N–H and O–H groups in total. The highest BCUT2D eigenvalue weighted by molar-refractivity contribution is 6.09. The maximum absolute atomic E-state index is 11.8. The number of aromatic nitrogens is 2. The summed E-state index contributed by atoms with van der Waals surface area (Å²) in [4.78, 5) is 15.8. The average Bonchev–Trinajstić information content (AvgIpc) is 3.04. The first-order valence-corrected chi connectivity index (χ1v) is 5.14. The molecular weight excluding hydrogens is 226 g/mol. The lowest BCUT2D eigenvalue weighted by atomic mass is 10.1. The molecule has 0 bridgehead atoms. The van der Waals surface area contributed by atoms with Crippen molar-refractivity contribution in [1.82, 2.24) is 15.5 Å². The quantitative estimate of drug-likeness (QED) is 0.282. The number of carbonyl (C=O) groups excluding carboxylic acids is 1. The monoisotopic (exact) mass is 239 g/mol. The summed E-state index contributed by atoms with van der Waals surface area (Å²) >= 11 is 0. The highest BCUT2D eigenvalue weighted by Crippen LogP contribution is 2.46. The molecule has 0 radical (unpaired) electrons. The van der Waals surface area contributed by atoms with Crippen LogP contribution in [0.15, 0.2) is 9.68 Å². The molecule has 1 saturated carbocycles. The first-order valence-electron chi connectivity index (χ1n) is 5.14. The van der Waals surface area contributed by atoms with Gasteiger partial charge >= 0.3 is 0 Å². The summed E-state index contributed by atoms with van der Waals surface area (Å²) in [6, 6.07) is 0. The Morgan fingerprint density at radius 1 is 1.71 bits per heavy atom. The van der Waals surface area contributed by atoms with Gasteiger partial charge in [0.05, 0.1) is 6.54 Å². The van der Waals surface area contributed by atoms with Gasteiger partial charge in [-0.1, -0.05) is 10.3 Å². The first kappa shape index (κ1) is 11.4. The molecule has 0 aliphatic heterocycles. The van der Waals surface area contributed by atoms with Crippen LogP contribution in [0, 0.1) is 12.3 Å². The third kappa shape index (κ3) is 2.05. The van der Waals surface area contributed by atoms with E-state index in [9.17, 15) is 4.79 Å². The number of amides is 1. The third-order valence-corrected chi connectivity index (χ3v) is 2.76. The number of amidine groups is 1. The Labute approximate surface area is 96.9 Å². The van der Waals surface area contributed by atoms with Gasteiger partial charge in [-0.15, -0.1) is 0 Å². The Hall–Kier alpha value is -2.12. The Morgan fingerprint density at radius 3 is 2.88 bits per heavy atom. The van der Waals surface area contributed by atoms with Crippen LogP contribution in [0.2, 0.25) is 0 Å². The maximum atomic E-state index is 11.8. The fraction of sp³-hybridized carbons (Fsp3) is 0.556. The molecule has 1 amide bonds. The molecule has 2 rings (SSSR count). The molecule has 1 aliphatic carbocycles. The van der Waals surface area contributed by atoms with Gasteiger partial charge in [0.1, 0.15) is 5.41 Å². The van der Waals surface area contributed by atoms with Crippen molar-refractivity contribution in [3.8, 4) is 0 Å². The normalized spacial score (nSPS) is 17.8. The van der Waals surface area contributed by atoms with Crippen molar-refractivity contribution in [2.75, 3.05) is 0 Å². The van der Waals surface area contributed by atoms with E-state index in [1.807, 2.05) is 0 Å². The van der Waals surface area contributed by atoms with Gasteiger partial charge in [0.25, 0.3) is 0 Å². The largest absolute Gasteiger partial charge is 0.409 e. The SMILES string of the molecule is Cc1nc(CNC(=O)C2(C(N)=NO)CC2)no1. The van der Waals surface area contributed by atoms with E-state index in [0.717, 1.165) is 0 Å². The first-order chi connectivity index (χ1) is 8.08. The van der Waals surface area contributed by atoms with Crippen molar-refractivity contribution >= 4 is 11.7 Å². The molecule has 0 unspecified atom stereocenters. The predicted molar refractivity (Wildman–Crippen MR) is 56.0 cm³/mol. The zero-order valence-electron chi connectivity index (χ0n) is 9.30. The summed E-state index contributed by atoms with van der Waals surface area (Å²) in [5.74, 6) is 0.493. The molecule has 17 heavy (non-hydrogen) atoms. The standard InChI is InChI=1S/C9H13N5O3/c1-5-12-6(14-17-5)4-11-8(15)9(2-3-9)7(10)13-16/h16H,2-4H2,1H3,(H2,10,13)(H,11,15). The van der Waals surface area contributed by atoms with Gasteiger partial charge in [-0.05, 0) is 12.8 Å². The van der Waals surface area contributed by atoms with Crippen molar-refractivity contribution < 1.29 is 14.5 Å². The Morgan fingerprint density at radius 2 is 2.41 bits per heavy atom. The zero-order chi connectivity index (χ0) is 12.5. The lowest BCUT2D eigenvalue weighted by Gasteiger charge is -2.12. The number of hydrogen-bond donors (Lipinski definition) is 3. The minimum atomic E-state index is -0.854. The van der Waals surface area contributed by atoms with Crippen LogP contribution < -0.4 is 11.1 Å². The molecule has 1 aliphatic rings. The molecule has 0 atom stereocenters. The molecule has 8 nitrogen and oxygen atoms in total. The topological polar surface area (TPSA) is 127 Å². The Balaban J connectivity index is 1.94. The summed E-state index contributed by atoms with van der Waals surface area (Å²) in [5.41, 5.74) is 4.62. The van der Waals surface area contributed by atoms with Crippen LogP contribution in [0.5, 0.6) is 0 Å². The summed E-state index contributed by atoms with van der Waals surface area (Å²) in [6.45, 7) is 1.83. The van der Waals surface area contributed by atoms with Crippen LogP contribution in [0.25, 0.3) is 0 Å². The van der Waals surface area contributed by atoms with E-state index in [1.54, 1.807) is 6.92 Å². The fourth-order valence-electron chi connectivity index (χ4n) is 1.56. The third-order valence-electron chi connectivity index (χ3n) is 2.76. The summed E-state index contributed by atoms with van der Waals surface area (Å²) in [5, 5.41) is 17.8. The van der Waals surface area contributed by atoms with Gasteiger partial charge < -0.3 is 20.8 Å². The van der Waals surface area contributed by atoms with E-state index in [-0.39, 0.29) is 18.3 Å². The minimum absolute atomic E-state index is 0.0562. The number of rotatable bonds is 4. The predicted octanol–water partition coefficient (Wildman–Crippen LogP) is -0.479. The van der Waals surface area contributed by atoms with Gasteiger partial charge in [0, 0.05) is 6.92 Å². The van der Waals surface area contributed by atoms with E-state index in [0.29, 0.717) is 24.6 Å². The van der Waals surface area contributed by atoms with Crippen molar-refractivity contribution in [2.45, 2.75) is 26.3 Å². The highest BCUT2D eigenvalue weighted by Gasteiger charge is 2.54. The van der Waals surface area contributed by atoms with Crippen LogP contribution in [0.1, 0.15) is 24.6 Å². The molecule has 1 fully saturated rings. The maximum Gasteiger partial charge on any atom is 0.234 e. The second kappa shape index (κ2) is 4.04. The molecule has 1 aromatic heterocycles. The lowest BCUT2D eigenvalue weighted by molar-refractivity contribution is -0.124. The van der Waals surface area contributed by atoms with Crippen molar-refractivity contribution in [1.29, 1.82) is 0 Å². The number of nitrogens with two attached hydrogens (primary N) is 1. The van der Waals surface area contributed by atoms with Gasteiger partial charge in [0.15, 0.2) is 11.7 Å². The number of oxime groups is 1. The van der Waals surface area contributed by atoms with Gasteiger partial charge in [0.2, 0.25) is 11.8 Å². The molecule has 0 spiro atoms. The van der Waals surface area contributed by atoms with Gasteiger partial charge in [-0.2, -0.15) is 4.98 Å². The minimum Gasteiger partial charge on any atom is -0.409 e. The lowest BCUT2D eigenvalue weighted by Crippen LogP contribution is -2.40. The molecule has 8 heteroatoms. The molecule has 92 valence electrons. The number of hydrogen-bond acceptors (Lipinski definition) is 6. The number of nitrogens with zero attached hydrogens (tertiary/aromatic N) is 3. The summed E-state index contributed by atoms with van der Waals surface area (Å²) < 4.78 is 4.77. The van der Waals surface area contributed by atoms with Crippen molar-refractivity contribution in [2.24, 2.45) is 16.3 Å². The highest BCUT2D eigenvalue weighted by atomic mass is 16.5. The average molecular weight is 239 g/mol. The molecule has 0 aromatic carbocycles. The zero-order valence-corrected chi connectivity index (χ0v) is 9.30. The van der Waals surface area contributed by atoms with Crippen LogP contribution in [-0.2, 0) is 11.3 Å². The van der Waals surface area contributed by atoms with Gasteiger partial charge in [-0.25, -0.2) is 0 Å². The number of carbonyl (C=O) groups is 1. The molecule has 1 aromatic rings. The Kier molecular flexibility index (Phi) is 2.70. The van der Waals surface area contributed by atoms with E-state index in [4.69, 9.17) is 15.5 Å². The Bertz CT molecular complexity index is 463. The summed E-state index contributed by atoms with van der Waals surface area (Å²) in [6.07, 6.45) is 1.17. The van der Waals surface area contributed by atoms with E-state index in [2.05, 4.69) is 20.6 Å². The van der Waals surface area contributed by atoms with Crippen molar-refractivity contribution in [3.63, 3.8) is 0 Å². The number of nitrogens with one attached hydrogen (secondary N) is 1. The summed E-state index contributed by atoms with van der Waals surface area (Å²) in [7, 11) is 0. The van der Waals surface area contributed by atoms with E-state index < -0.39 is 5.41 Å². The second-order valence-corrected chi connectivity index (χ2v) is 3.98. The molecule has 0 saturated heterocycles. The van der Waals surface area contributed by atoms with Crippen molar-refractivity contribution in [3.05, 3.63) is 11.7 Å². The van der Waals surface area contributed by atoms with Crippen LogP contribution in [0.3, 0.4) is 0 Å². The van der Waals surface area contributed by atoms with Crippen LogP contribution in [0.4, 0.5) is 0 Å². The number of aryl methyl sites for hydroxylation is 1. The molecular formula is C9H13N5O3. The van der Waals surface area contributed by atoms with Crippen LogP contribution >= 0.6 is 0 Å². The van der Waals surface area contributed by atoms with Gasteiger partial charge in [-0.3, -0.25) is 4.79 Å². The van der Waals surface area contributed by atoms with Crippen LogP contribution in [-0.4, -0.2) is 27.1 Å². The molecule has 1 heterocycles.